The van der Waals surface area contributed by atoms with Crippen molar-refractivity contribution in [3.05, 3.63) is 46.5 Å². The molecule has 0 amide bonds. The van der Waals surface area contributed by atoms with Crippen LogP contribution in [0.25, 0.3) is 0 Å². The Balaban J connectivity index is 1.64. The van der Waals surface area contributed by atoms with Crippen LogP contribution in [0.2, 0.25) is 0 Å². The molecule has 1 aliphatic heterocycles. The molecule has 0 aromatic heterocycles. The Kier molecular flexibility index (Phi) is 4.19. The van der Waals surface area contributed by atoms with Gasteiger partial charge in [0.05, 0.1) is 13.2 Å². The highest BCUT2D eigenvalue weighted by Crippen LogP contribution is 2.37. The molecule has 2 nitrogen and oxygen atoms in total. The van der Waals surface area contributed by atoms with E-state index in [1.54, 1.807) is 5.57 Å². The summed E-state index contributed by atoms with van der Waals surface area (Å²) >= 11 is 0. The second kappa shape index (κ2) is 5.94. The molecule has 0 bridgehead atoms. The molecule has 1 heterocycles. The smallest absolute Gasteiger partial charge is 0.172 e. The summed E-state index contributed by atoms with van der Waals surface area (Å²) in [6.45, 7) is 8.22. The first-order valence-electron chi connectivity index (χ1n) is 8.11. The number of benzene rings is 1. The molecule has 0 saturated carbocycles. The van der Waals surface area contributed by atoms with Gasteiger partial charge in [0.1, 0.15) is 0 Å². The van der Waals surface area contributed by atoms with Crippen LogP contribution in [0.5, 0.6) is 0 Å². The maximum atomic E-state index is 5.79. The van der Waals surface area contributed by atoms with Crippen LogP contribution >= 0.6 is 0 Å². The molecule has 1 aromatic rings. The first-order valence-corrected chi connectivity index (χ1v) is 8.11. The molecular weight excluding hydrogens is 260 g/mol. The van der Waals surface area contributed by atoms with Gasteiger partial charge >= 0.3 is 0 Å². The maximum Gasteiger partial charge on any atom is 0.172 e. The van der Waals surface area contributed by atoms with Crippen molar-refractivity contribution in [2.45, 2.75) is 52.2 Å². The van der Waals surface area contributed by atoms with E-state index in [2.05, 4.69) is 45.0 Å². The van der Waals surface area contributed by atoms with E-state index in [-0.39, 0.29) is 5.79 Å². The number of hydrogen-bond acceptors (Lipinski definition) is 2. The molecule has 1 aliphatic carbocycles. The van der Waals surface area contributed by atoms with E-state index in [0.29, 0.717) is 5.92 Å². The van der Waals surface area contributed by atoms with Gasteiger partial charge in [0.15, 0.2) is 5.79 Å². The van der Waals surface area contributed by atoms with E-state index >= 15 is 0 Å². The first-order chi connectivity index (χ1) is 10.1. The number of ether oxygens (including phenoxy) is 2. The minimum absolute atomic E-state index is 0.288. The van der Waals surface area contributed by atoms with Gasteiger partial charge in [-0.3, -0.25) is 0 Å². The zero-order chi connectivity index (χ0) is 14.9. The van der Waals surface area contributed by atoms with Crippen molar-refractivity contribution in [3.63, 3.8) is 0 Å². The third kappa shape index (κ3) is 3.22. The van der Waals surface area contributed by atoms with Crippen molar-refractivity contribution in [1.29, 1.82) is 0 Å². The SMILES string of the molecule is Cc1ccc(CC(C)C2=CCC3(CC2)OCCO3)cc1C. The molecular formula is C19H26O2. The molecule has 1 spiro atoms. The molecule has 1 atom stereocenters. The van der Waals surface area contributed by atoms with E-state index < -0.39 is 0 Å². The van der Waals surface area contributed by atoms with Crippen molar-refractivity contribution in [3.8, 4) is 0 Å². The lowest BCUT2D eigenvalue weighted by Gasteiger charge is -2.32. The summed E-state index contributed by atoms with van der Waals surface area (Å²) < 4.78 is 11.6. The molecule has 1 aromatic carbocycles. The quantitative estimate of drug-likeness (QED) is 0.770. The van der Waals surface area contributed by atoms with Crippen LogP contribution in [0.4, 0.5) is 0 Å². The van der Waals surface area contributed by atoms with Gasteiger partial charge in [-0.25, -0.2) is 0 Å². The highest BCUT2D eigenvalue weighted by molar-refractivity contribution is 5.31. The summed E-state index contributed by atoms with van der Waals surface area (Å²) in [7, 11) is 0. The van der Waals surface area contributed by atoms with Crippen LogP contribution in [-0.2, 0) is 15.9 Å². The van der Waals surface area contributed by atoms with Gasteiger partial charge in [-0.05, 0) is 49.3 Å². The molecule has 1 unspecified atom stereocenters. The average Bonchev–Trinajstić information content (AvgIpc) is 2.92. The molecule has 2 heteroatoms. The number of allylic oxidation sites excluding steroid dienone is 1. The van der Waals surface area contributed by atoms with Crippen LogP contribution in [0.3, 0.4) is 0 Å². The van der Waals surface area contributed by atoms with Gasteiger partial charge in [-0.2, -0.15) is 0 Å². The van der Waals surface area contributed by atoms with Crippen molar-refractivity contribution < 1.29 is 9.47 Å². The van der Waals surface area contributed by atoms with E-state index in [1.807, 2.05) is 0 Å². The minimum atomic E-state index is -0.288. The van der Waals surface area contributed by atoms with Crippen molar-refractivity contribution in [1.82, 2.24) is 0 Å². The summed E-state index contributed by atoms with van der Waals surface area (Å²) in [4.78, 5) is 0. The lowest BCUT2D eigenvalue weighted by molar-refractivity contribution is -0.161. The summed E-state index contributed by atoms with van der Waals surface area (Å²) in [5.74, 6) is 0.315. The van der Waals surface area contributed by atoms with Crippen LogP contribution in [0, 0.1) is 19.8 Å². The lowest BCUT2D eigenvalue weighted by atomic mass is 9.84. The van der Waals surface area contributed by atoms with Crippen LogP contribution in [0.1, 0.15) is 42.9 Å². The van der Waals surface area contributed by atoms with E-state index in [9.17, 15) is 0 Å². The van der Waals surface area contributed by atoms with Gasteiger partial charge in [-0.15, -0.1) is 0 Å². The highest BCUT2D eigenvalue weighted by atomic mass is 16.7. The van der Waals surface area contributed by atoms with Gasteiger partial charge in [0.2, 0.25) is 0 Å². The second-order valence-electron chi connectivity index (χ2n) is 6.61. The van der Waals surface area contributed by atoms with Gasteiger partial charge in [-0.1, -0.05) is 36.8 Å². The topological polar surface area (TPSA) is 18.5 Å². The van der Waals surface area contributed by atoms with Crippen LogP contribution in [0.15, 0.2) is 29.8 Å². The molecule has 2 aliphatic rings. The summed E-state index contributed by atoms with van der Waals surface area (Å²) in [6.07, 6.45) is 6.52. The van der Waals surface area contributed by atoms with Crippen LogP contribution < -0.4 is 0 Å². The Bertz CT molecular complexity index is 538. The monoisotopic (exact) mass is 286 g/mol. The third-order valence-corrected chi connectivity index (χ3v) is 5.03. The third-order valence-electron chi connectivity index (χ3n) is 5.03. The average molecular weight is 286 g/mol. The summed E-state index contributed by atoms with van der Waals surface area (Å²) in [5, 5.41) is 0. The summed E-state index contributed by atoms with van der Waals surface area (Å²) in [5.41, 5.74) is 5.78. The number of aryl methyl sites for hydroxylation is 2. The molecule has 0 N–H and O–H groups in total. The van der Waals surface area contributed by atoms with Crippen LogP contribution in [-0.4, -0.2) is 19.0 Å². The molecule has 0 radical (unpaired) electrons. The zero-order valence-corrected chi connectivity index (χ0v) is 13.4. The predicted molar refractivity (Wildman–Crippen MR) is 85.4 cm³/mol. The molecule has 3 rings (SSSR count). The predicted octanol–water partition coefficient (Wildman–Crippen LogP) is 4.34. The first kappa shape index (κ1) is 14.8. The zero-order valence-electron chi connectivity index (χ0n) is 13.4. The van der Waals surface area contributed by atoms with Gasteiger partial charge in [0.25, 0.3) is 0 Å². The van der Waals surface area contributed by atoms with E-state index in [4.69, 9.17) is 9.47 Å². The standard InChI is InChI=1S/C19H26O2/c1-14-4-5-17(12-15(14)2)13-16(3)18-6-8-19(9-7-18)20-10-11-21-19/h4-6,12,16H,7-11,13H2,1-3H3. The van der Waals surface area contributed by atoms with E-state index in [1.165, 1.54) is 16.7 Å². The normalized spacial score (nSPS) is 22.3. The second-order valence-corrected chi connectivity index (χ2v) is 6.61. The Morgan fingerprint density at radius 1 is 1.14 bits per heavy atom. The fraction of sp³-hybridized carbons (Fsp3) is 0.579. The van der Waals surface area contributed by atoms with Crippen molar-refractivity contribution >= 4 is 0 Å². The highest BCUT2D eigenvalue weighted by Gasteiger charge is 2.38. The number of hydrogen-bond donors (Lipinski definition) is 0. The maximum absolute atomic E-state index is 5.79. The fourth-order valence-corrected chi connectivity index (χ4v) is 3.45. The van der Waals surface area contributed by atoms with Gasteiger partial charge < -0.3 is 9.47 Å². The van der Waals surface area contributed by atoms with Crippen molar-refractivity contribution in [2.24, 2.45) is 5.92 Å². The molecule has 1 saturated heterocycles. The lowest BCUT2D eigenvalue weighted by Crippen LogP contribution is -2.32. The minimum Gasteiger partial charge on any atom is -0.347 e. The number of rotatable bonds is 3. The Hall–Kier alpha value is -1.12. The largest absolute Gasteiger partial charge is 0.347 e. The van der Waals surface area contributed by atoms with E-state index in [0.717, 1.165) is 38.9 Å². The Morgan fingerprint density at radius 3 is 2.52 bits per heavy atom. The Morgan fingerprint density at radius 2 is 1.90 bits per heavy atom. The van der Waals surface area contributed by atoms with Crippen molar-refractivity contribution in [2.75, 3.05) is 13.2 Å². The molecule has 21 heavy (non-hydrogen) atoms. The fourth-order valence-electron chi connectivity index (χ4n) is 3.45. The molecule has 1 fully saturated rings. The summed E-state index contributed by atoms with van der Waals surface area (Å²) in [6, 6.07) is 6.84. The molecule has 114 valence electrons. The Labute approximate surface area is 128 Å². The van der Waals surface area contributed by atoms with Gasteiger partial charge in [0, 0.05) is 12.8 Å².